The molecular weight excluding hydrogens is 323 g/mol. The van der Waals surface area contributed by atoms with Crippen LogP contribution in [-0.2, 0) is 16.0 Å². The first-order chi connectivity index (χ1) is 12.1. The van der Waals surface area contributed by atoms with Crippen molar-refractivity contribution >= 4 is 23.1 Å². The van der Waals surface area contributed by atoms with Crippen molar-refractivity contribution in [1.29, 1.82) is 0 Å². The zero-order chi connectivity index (χ0) is 17.8. The summed E-state index contributed by atoms with van der Waals surface area (Å²) in [6.45, 7) is 3.92. The lowest BCUT2D eigenvalue weighted by molar-refractivity contribution is -0.142. The van der Waals surface area contributed by atoms with Gasteiger partial charge >= 0.3 is 5.97 Å². The van der Waals surface area contributed by atoms with E-state index in [0.717, 1.165) is 5.69 Å². The zero-order valence-corrected chi connectivity index (χ0v) is 13.9. The molecule has 0 N–H and O–H groups in total. The van der Waals surface area contributed by atoms with Crippen LogP contribution in [0.15, 0.2) is 52.7 Å². The first-order valence-electron chi connectivity index (χ1n) is 7.89. The third kappa shape index (κ3) is 3.55. The smallest absolute Gasteiger partial charge is 0.312 e. The number of hydrogen-bond donors (Lipinski definition) is 0. The van der Waals surface area contributed by atoms with E-state index in [1.54, 1.807) is 23.5 Å². The molecule has 0 unspecified atom stereocenters. The molecule has 0 aliphatic rings. The standard InChI is InChI=1S/C18H17FN4O2/c1-3-25-17(24)11-15-18(22-21-14-9-5-4-8-13(14)19)23-12(2)7-6-10-16(23)20-15/h4-10H,3,11H2,1-2H3. The highest BCUT2D eigenvalue weighted by atomic mass is 19.1. The maximum atomic E-state index is 13.8. The summed E-state index contributed by atoms with van der Waals surface area (Å²) >= 11 is 0. The second-order valence-electron chi connectivity index (χ2n) is 5.38. The first-order valence-corrected chi connectivity index (χ1v) is 7.89. The number of carbonyl (C=O) groups is 1. The number of pyridine rings is 1. The predicted molar refractivity (Wildman–Crippen MR) is 90.8 cm³/mol. The molecule has 0 radical (unpaired) electrons. The number of aryl methyl sites for hydroxylation is 1. The van der Waals surface area contributed by atoms with Crippen molar-refractivity contribution in [3.8, 4) is 0 Å². The first kappa shape index (κ1) is 16.8. The Morgan fingerprint density at radius 3 is 2.76 bits per heavy atom. The molecule has 2 aromatic heterocycles. The highest BCUT2D eigenvalue weighted by Gasteiger charge is 2.17. The summed E-state index contributed by atoms with van der Waals surface area (Å²) in [6.07, 6.45) is -0.0272. The monoisotopic (exact) mass is 340 g/mol. The number of azo groups is 1. The fourth-order valence-corrected chi connectivity index (χ4v) is 2.49. The second-order valence-corrected chi connectivity index (χ2v) is 5.38. The Kier molecular flexibility index (Phi) is 4.83. The van der Waals surface area contributed by atoms with Crippen LogP contribution in [0.3, 0.4) is 0 Å². The molecule has 0 saturated heterocycles. The van der Waals surface area contributed by atoms with Crippen LogP contribution in [0, 0.1) is 12.7 Å². The topological polar surface area (TPSA) is 68.3 Å². The lowest BCUT2D eigenvalue weighted by Crippen LogP contribution is -2.07. The van der Waals surface area contributed by atoms with Crippen LogP contribution in [0.1, 0.15) is 18.3 Å². The number of carbonyl (C=O) groups excluding carboxylic acids is 1. The van der Waals surface area contributed by atoms with Crippen molar-refractivity contribution in [3.05, 3.63) is 59.7 Å². The summed E-state index contributed by atoms with van der Waals surface area (Å²) in [4.78, 5) is 16.3. The van der Waals surface area contributed by atoms with Gasteiger partial charge in [-0.1, -0.05) is 18.2 Å². The maximum absolute atomic E-state index is 13.8. The average Bonchev–Trinajstić information content (AvgIpc) is 2.93. The van der Waals surface area contributed by atoms with Gasteiger partial charge in [-0.2, -0.15) is 0 Å². The molecule has 1 aromatic carbocycles. The number of aromatic nitrogens is 2. The molecule has 0 fully saturated rings. The van der Waals surface area contributed by atoms with Crippen molar-refractivity contribution in [3.63, 3.8) is 0 Å². The summed E-state index contributed by atoms with van der Waals surface area (Å²) in [5.41, 5.74) is 2.07. The van der Waals surface area contributed by atoms with Crippen LogP contribution < -0.4 is 0 Å². The largest absolute Gasteiger partial charge is 0.466 e. The van der Waals surface area contributed by atoms with Crippen LogP contribution in [0.25, 0.3) is 5.65 Å². The number of fused-ring (bicyclic) bond motifs is 1. The molecule has 0 saturated carbocycles. The van der Waals surface area contributed by atoms with Gasteiger partial charge in [0.2, 0.25) is 0 Å². The van der Waals surface area contributed by atoms with Gasteiger partial charge in [0.25, 0.3) is 0 Å². The van der Waals surface area contributed by atoms with E-state index in [0.29, 0.717) is 17.2 Å². The lowest BCUT2D eigenvalue weighted by atomic mass is 10.3. The molecular formula is C18H17FN4O2. The molecule has 0 atom stereocenters. The molecule has 25 heavy (non-hydrogen) atoms. The minimum absolute atomic E-state index is 0.0272. The number of imidazole rings is 1. The molecule has 0 bridgehead atoms. The minimum atomic E-state index is -0.469. The molecule has 7 heteroatoms. The molecule has 128 valence electrons. The van der Waals surface area contributed by atoms with E-state index in [2.05, 4.69) is 15.2 Å². The third-order valence-corrected chi connectivity index (χ3v) is 3.61. The Morgan fingerprint density at radius 1 is 1.20 bits per heavy atom. The Bertz CT molecular complexity index is 949. The van der Waals surface area contributed by atoms with Gasteiger partial charge in [-0.3, -0.25) is 9.20 Å². The van der Waals surface area contributed by atoms with Crippen LogP contribution in [0.2, 0.25) is 0 Å². The van der Waals surface area contributed by atoms with E-state index in [1.807, 2.05) is 25.1 Å². The van der Waals surface area contributed by atoms with Gasteiger partial charge < -0.3 is 4.74 Å². The summed E-state index contributed by atoms with van der Waals surface area (Å²) in [5, 5.41) is 8.17. The summed E-state index contributed by atoms with van der Waals surface area (Å²) in [7, 11) is 0. The Morgan fingerprint density at radius 2 is 2.00 bits per heavy atom. The van der Waals surface area contributed by atoms with Gasteiger partial charge in [0, 0.05) is 5.69 Å². The van der Waals surface area contributed by atoms with Gasteiger partial charge in [-0.25, -0.2) is 9.37 Å². The molecule has 3 aromatic rings. The van der Waals surface area contributed by atoms with Crippen LogP contribution in [0.4, 0.5) is 15.9 Å². The van der Waals surface area contributed by atoms with Crippen LogP contribution >= 0.6 is 0 Å². The summed E-state index contributed by atoms with van der Waals surface area (Å²) in [6, 6.07) is 11.7. The average molecular weight is 340 g/mol. The molecule has 3 rings (SSSR count). The van der Waals surface area contributed by atoms with Crippen molar-refractivity contribution in [2.24, 2.45) is 10.2 Å². The van der Waals surface area contributed by atoms with Gasteiger partial charge in [-0.15, -0.1) is 10.2 Å². The highest BCUT2D eigenvalue weighted by molar-refractivity contribution is 5.74. The maximum Gasteiger partial charge on any atom is 0.312 e. The fourth-order valence-electron chi connectivity index (χ4n) is 2.49. The normalized spacial score (nSPS) is 11.3. The van der Waals surface area contributed by atoms with E-state index in [9.17, 15) is 9.18 Å². The van der Waals surface area contributed by atoms with E-state index >= 15 is 0 Å². The van der Waals surface area contributed by atoms with Crippen molar-refractivity contribution in [2.75, 3.05) is 6.61 Å². The number of ether oxygens (including phenoxy) is 1. The molecule has 6 nitrogen and oxygen atoms in total. The van der Waals surface area contributed by atoms with Gasteiger partial charge in [-0.05, 0) is 38.1 Å². The van der Waals surface area contributed by atoms with Crippen molar-refractivity contribution < 1.29 is 13.9 Å². The molecule has 0 spiro atoms. The Balaban J connectivity index is 2.07. The number of benzene rings is 1. The van der Waals surface area contributed by atoms with Gasteiger partial charge in [0.15, 0.2) is 11.6 Å². The quantitative estimate of drug-likeness (QED) is 0.513. The lowest BCUT2D eigenvalue weighted by Gasteiger charge is -2.03. The van der Waals surface area contributed by atoms with Crippen molar-refractivity contribution in [2.45, 2.75) is 20.3 Å². The predicted octanol–water partition coefficient (Wildman–Crippen LogP) is 4.30. The summed E-state index contributed by atoms with van der Waals surface area (Å²) < 4.78 is 20.5. The van der Waals surface area contributed by atoms with Gasteiger partial charge in [0.1, 0.15) is 11.3 Å². The molecule has 2 heterocycles. The minimum Gasteiger partial charge on any atom is -0.466 e. The SMILES string of the molecule is CCOC(=O)Cc1nc2cccc(C)n2c1N=Nc1ccccc1F. The Labute approximate surface area is 144 Å². The number of rotatable bonds is 5. The van der Waals surface area contributed by atoms with Gasteiger partial charge in [0.05, 0.1) is 18.7 Å². The van der Waals surface area contributed by atoms with E-state index < -0.39 is 11.8 Å². The second kappa shape index (κ2) is 7.21. The molecule has 0 aliphatic carbocycles. The Hall–Kier alpha value is -3.09. The van der Waals surface area contributed by atoms with Crippen LogP contribution in [-0.4, -0.2) is 22.0 Å². The van der Waals surface area contributed by atoms with E-state index in [-0.39, 0.29) is 18.7 Å². The number of nitrogens with zero attached hydrogens (tertiary/aromatic N) is 4. The summed E-state index contributed by atoms with van der Waals surface area (Å²) in [5.74, 6) is -0.473. The zero-order valence-electron chi connectivity index (χ0n) is 13.9. The fraction of sp³-hybridized carbons (Fsp3) is 0.222. The number of esters is 1. The van der Waals surface area contributed by atoms with E-state index in [4.69, 9.17) is 4.74 Å². The number of hydrogen-bond acceptors (Lipinski definition) is 5. The molecule has 0 aliphatic heterocycles. The van der Waals surface area contributed by atoms with E-state index in [1.165, 1.54) is 12.1 Å². The molecule has 0 amide bonds. The van der Waals surface area contributed by atoms with Crippen LogP contribution in [0.5, 0.6) is 0 Å². The third-order valence-electron chi connectivity index (χ3n) is 3.61. The highest BCUT2D eigenvalue weighted by Crippen LogP contribution is 2.27. The number of halogens is 1. The van der Waals surface area contributed by atoms with Crippen molar-refractivity contribution in [1.82, 2.24) is 9.38 Å².